The van der Waals surface area contributed by atoms with Crippen molar-refractivity contribution < 1.29 is 46.5 Å². The van der Waals surface area contributed by atoms with Crippen molar-refractivity contribution in [2.75, 3.05) is 37.7 Å². The van der Waals surface area contributed by atoms with Gasteiger partial charge in [0, 0.05) is 18.4 Å². The van der Waals surface area contributed by atoms with Crippen molar-refractivity contribution in [2.45, 2.75) is 19.1 Å². The number of para-hydroxylation sites is 1. The molecule has 0 aliphatic carbocycles. The summed E-state index contributed by atoms with van der Waals surface area (Å²) in [5.74, 6) is -4.32. The van der Waals surface area contributed by atoms with E-state index in [1.165, 1.54) is 25.3 Å². The van der Waals surface area contributed by atoms with Crippen molar-refractivity contribution >= 4 is 35.1 Å². The summed E-state index contributed by atoms with van der Waals surface area (Å²) in [4.78, 5) is 37.0. The van der Waals surface area contributed by atoms with Crippen LogP contribution in [0.3, 0.4) is 0 Å². The second kappa shape index (κ2) is 15.2. The van der Waals surface area contributed by atoms with Crippen molar-refractivity contribution in [3.8, 4) is 11.5 Å². The first-order valence-corrected chi connectivity index (χ1v) is 13.0. The molecular formula is C29H30F3N5O7. The number of amides is 1. The number of amidine groups is 1. The molecule has 0 radical (unpaired) electrons. The number of alkyl halides is 3. The Bertz CT molecular complexity index is 1480. The Hall–Kier alpha value is -5.31. The first-order valence-electron chi connectivity index (χ1n) is 13.0. The van der Waals surface area contributed by atoms with Crippen LogP contribution in [0.1, 0.15) is 34.5 Å². The van der Waals surface area contributed by atoms with Gasteiger partial charge in [0.25, 0.3) is 5.91 Å². The van der Waals surface area contributed by atoms with E-state index in [-0.39, 0.29) is 18.1 Å². The van der Waals surface area contributed by atoms with Crippen LogP contribution in [0.4, 0.5) is 24.5 Å². The van der Waals surface area contributed by atoms with Gasteiger partial charge in [0.15, 0.2) is 11.5 Å². The molecule has 0 aliphatic rings. The molecule has 1 amide bonds. The summed E-state index contributed by atoms with van der Waals surface area (Å²) in [5, 5.41) is 10.7. The Morgan fingerprint density at radius 2 is 1.66 bits per heavy atom. The van der Waals surface area contributed by atoms with E-state index in [1.807, 2.05) is 0 Å². The van der Waals surface area contributed by atoms with E-state index in [9.17, 15) is 27.6 Å². The Labute approximate surface area is 250 Å². The number of carbonyl (C=O) groups is 3. The number of anilines is 2. The van der Waals surface area contributed by atoms with Crippen molar-refractivity contribution in [3.63, 3.8) is 0 Å². The van der Waals surface area contributed by atoms with Gasteiger partial charge in [-0.05, 0) is 61.0 Å². The molecule has 0 saturated carbocycles. The first kappa shape index (κ1) is 33.2. The molecule has 0 heterocycles. The third-order valence-corrected chi connectivity index (χ3v) is 5.80. The highest BCUT2D eigenvalue weighted by Crippen LogP contribution is 2.32. The fraction of sp³-hybridized carbons (Fsp3) is 0.241. The number of methoxy groups -OCH3 is 1. The molecule has 234 valence electrons. The Balaban J connectivity index is 1.90. The summed E-state index contributed by atoms with van der Waals surface area (Å²) >= 11 is 0. The highest BCUT2D eigenvalue weighted by molar-refractivity contribution is 6.02. The number of ether oxygens (including phenoxy) is 4. The summed E-state index contributed by atoms with van der Waals surface area (Å²) < 4.78 is 58.2. The van der Waals surface area contributed by atoms with Crippen LogP contribution in [-0.4, -0.2) is 56.8 Å². The number of hydrogen-bond donors (Lipinski definition) is 5. The molecule has 15 heteroatoms. The molecule has 1 unspecified atom stereocenters. The zero-order valence-electron chi connectivity index (χ0n) is 23.6. The number of nitrogens with one attached hydrogen (secondary N) is 4. The van der Waals surface area contributed by atoms with E-state index in [4.69, 9.17) is 25.4 Å². The average molecular weight is 618 g/mol. The van der Waals surface area contributed by atoms with Crippen LogP contribution in [0.25, 0.3) is 0 Å². The van der Waals surface area contributed by atoms with Crippen molar-refractivity contribution in [3.05, 3.63) is 83.4 Å². The first-order chi connectivity index (χ1) is 20.9. The maximum absolute atomic E-state index is 13.6. The SMILES string of the molecule is CCOc1cc(C(Nc2ccc(C(=N)N)cc2)C(=O)NNc2ccccc2C(=O)OC(=O)C(F)(F)F)ccc1OCCOC. The lowest BCUT2D eigenvalue weighted by Crippen LogP contribution is -2.37. The molecule has 0 saturated heterocycles. The molecular weight excluding hydrogens is 587 g/mol. The molecule has 1 atom stereocenters. The molecule has 0 aromatic heterocycles. The van der Waals surface area contributed by atoms with E-state index in [1.54, 1.807) is 49.4 Å². The fourth-order valence-corrected chi connectivity index (χ4v) is 3.71. The number of esters is 2. The number of nitrogens with two attached hydrogens (primary N) is 1. The van der Waals surface area contributed by atoms with Gasteiger partial charge in [0.2, 0.25) is 0 Å². The Kier molecular flexibility index (Phi) is 11.5. The predicted molar refractivity (Wildman–Crippen MR) is 153 cm³/mol. The highest BCUT2D eigenvalue weighted by atomic mass is 19.4. The third kappa shape index (κ3) is 9.09. The topological polar surface area (TPSA) is 174 Å². The molecule has 0 spiro atoms. The predicted octanol–water partition coefficient (Wildman–Crippen LogP) is 3.94. The van der Waals surface area contributed by atoms with Gasteiger partial charge >= 0.3 is 18.1 Å². The molecule has 3 rings (SSSR count). The van der Waals surface area contributed by atoms with Gasteiger partial charge in [0.05, 0.1) is 24.5 Å². The lowest BCUT2D eigenvalue weighted by atomic mass is 10.0. The number of nitrogen functional groups attached to an aromatic ring is 1. The largest absolute Gasteiger partial charge is 0.491 e. The maximum atomic E-state index is 13.6. The zero-order chi connectivity index (χ0) is 32.3. The van der Waals surface area contributed by atoms with Gasteiger partial charge in [-0.1, -0.05) is 18.2 Å². The van der Waals surface area contributed by atoms with E-state index < -0.39 is 35.6 Å². The minimum Gasteiger partial charge on any atom is -0.490 e. The molecule has 3 aromatic rings. The van der Waals surface area contributed by atoms with Crippen LogP contribution in [0.15, 0.2) is 66.7 Å². The number of carbonyl (C=O) groups excluding carboxylic acids is 3. The molecule has 3 aromatic carbocycles. The van der Waals surface area contributed by atoms with Gasteiger partial charge in [-0.2, -0.15) is 13.2 Å². The second-order valence-corrected chi connectivity index (χ2v) is 8.88. The van der Waals surface area contributed by atoms with Crippen LogP contribution in [0, 0.1) is 5.41 Å². The molecule has 44 heavy (non-hydrogen) atoms. The molecule has 0 aliphatic heterocycles. The molecule has 12 nitrogen and oxygen atoms in total. The summed E-state index contributed by atoms with van der Waals surface area (Å²) in [6, 6.07) is 15.3. The van der Waals surface area contributed by atoms with Gasteiger partial charge < -0.3 is 30.0 Å². The smallest absolute Gasteiger partial charge is 0.490 e. The number of halogens is 3. The summed E-state index contributed by atoms with van der Waals surface area (Å²) in [7, 11) is 1.53. The minimum atomic E-state index is -5.38. The van der Waals surface area contributed by atoms with Crippen LogP contribution < -0.4 is 31.4 Å². The minimum absolute atomic E-state index is 0.137. The lowest BCUT2D eigenvalue weighted by Gasteiger charge is -2.22. The van der Waals surface area contributed by atoms with Gasteiger partial charge in [0.1, 0.15) is 18.5 Å². The number of hydrogen-bond acceptors (Lipinski definition) is 10. The van der Waals surface area contributed by atoms with Gasteiger partial charge in [-0.15, -0.1) is 0 Å². The quantitative estimate of drug-likeness (QED) is 0.0445. The monoisotopic (exact) mass is 617 g/mol. The van der Waals surface area contributed by atoms with Gasteiger partial charge in [-0.3, -0.25) is 21.1 Å². The number of hydrazine groups is 1. The van der Waals surface area contributed by atoms with Crippen LogP contribution in [-0.2, 0) is 19.1 Å². The standard InChI is InChI=1S/C29H30F3N5O7/c1-3-42-23-16-18(10-13-22(23)43-15-14-41-2)24(35-19-11-8-17(9-12-19)25(33)34)26(38)37-36-21-7-5-4-6-20(21)27(39)44-28(40)29(30,31)32/h4-13,16,24,35-36H,3,14-15H2,1-2H3,(H3,33,34)(H,37,38). The van der Waals surface area contributed by atoms with E-state index >= 15 is 0 Å². The van der Waals surface area contributed by atoms with Crippen molar-refractivity contribution in [1.29, 1.82) is 5.41 Å². The zero-order valence-corrected chi connectivity index (χ0v) is 23.6. The molecule has 0 fully saturated rings. The Morgan fingerprint density at radius 1 is 0.955 bits per heavy atom. The van der Waals surface area contributed by atoms with Crippen molar-refractivity contribution in [2.24, 2.45) is 5.73 Å². The third-order valence-electron chi connectivity index (χ3n) is 5.80. The highest BCUT2D eigenvalue weighted by Gasteiger charge is 2.42. The van der Waals surface area contributed by atoms with Crippen LogP contribution in [0.2, 0.25) is 0 Å². The second-order valence-electron chi connectivity index (χ2n) is 8.88. The Morgan fingerprint density at radius 3 is 2.30 bits per heavy atom. The molecule has 0 bridgehead atoms. The van der Waals surface area contributed by atoms with Crippen molar-refractivity contribution in [1.82, 2.24) is 5.43 Å². The van der Waals surface area contributed by atoms with E-state index in [2.05, 4.69) is 20.9 Å². The van der Waals surface area contributed by atoms with Gasteiger partial charge in [-0.25, -0.2) is 9.59 Å². The summed E-state index contributed by atoms with van der Waals surface area (Å²) in [5.41, 5.74) is 11.2. The van der Waals surface area contributed by atoms with Crippen LogP contribution >= 0.6 is 0 Å². The molecule has 6 N–H and O–H groups in total. The van der Waals surface area contributed by atoms with E-state index in [0.29, 0.717) is 41.5 Å². The lowest BCUT2D eigenvalue weighted by molar-refractivity contribution is -0.193. The number of rotatable bonds is 14. The van der Waals surface area contributed by atoms with Crippen LogP contribution in [0.5, 0.6) is 11.5 Å². The fourth-order valence-electron chi connectivity index (χ4n) is 3.71. The average Bonchev–Trinajstić information content (AvgIpc) is 2.99. The van der Waals surface area contributed by atoms with E-state index in [0.717, 1.165) is 6.07 Å². The summed E-state index contributed by atoms with van der Waals surface area (Å²) in [6.07, 6.45) is -5.38. The normalized spacial score (nSPS) is 11.6. The number of benzene rings is 3. The summed E-state index contributed by atoms with van der Waals surface area (Å²) in [6.45, 7) is 2.66. The maximum Gasteiger partial charge on any atom is 0.491 e.